The molecule has 1 aromatic carbocycles. The zero-order valence-corrected chi connectivity index (χ0v) is 22.6. The van der Waals surface area contributed by atoms with Crippen LogP contribution in [0.25, 0.3) is 33.9 Å². The van der Waals surface area contributed by atoms with Gasteiger partial charge < -0.3 is 24.2 Å². The number of nitrogens with one attached hydrogen (secondary N) is 2. The van der Waals surface area contributed by atoms with Crippen molar-refractivity contribution in [1.29, 1.82) is 0 Å². The third-order valence-corrected chi connectivity index (χ3v) is 5.94. The Morgan fingerprint density at radius 3 is 2.54 bits per heavy atom. The van der Waals surface area contributed by atoms with E-state index < -0.39 is 21.8 Å². The van der Waals surface area contributed by atoms with Crippen molar-refractivity contribution in [3.63, 3.8) is 0 Å². The second-order valence-electron chi connectivity index (χ2n) is 9.59. The molecule has 0 unspecified atom stereocenters. The third kappa shape index (κ3) is 6.95. The molecular formula is C25H29F2N5O6S. The summed E-state index contributed by atoms with van der Waals surface area (Å²) in [7, 11) is -2.01. The summed E-state index contributed by atoms with van der Waals surface area (Å²) in [5.74, 6) is -0.687. The highest BCUT2D eigenvalue weighted by Crippen LogP contribution is 2.37. The van der Waals surface area contributed by atoms with Crippen LogP contribution in [-0.4, -0.2) is 72.1 Å². The molecular weight excluding hydrogens is 536 g/mol. The Bertz CT molecular complexity index is 1560. The first-order valence-corrected chi connectivity index (χ1v) is 13.8. The maximum absolute atomic E-state index is 14.7. The van der Waals surface area contributed by atoms with Crippen molar-refractivity contribution in [2.75, 3.05) is 38.5 Å². The Hall–Kier alpha value is -3.46. The quantitative estimate of drug-likeness (QED) is 0.265. The average molecular weight is 566 g/mol. The van der Waals surface area contributed by atoms with Crippen LogP contribution < -0.4 is 5.32 Å². The maximum atomic E-state index is 14.7. The van der Waals surface area contributed by atoms with E-state index in [1.165, 1.54) is 12.1 Å². The van der Waals surface area contributed by atoms with Gasteiger partial charge >= 0.3 is 0 Å². The maximum Gasteiger partial charge on any atom is 0.297 e. The van der Waals surface area contributed by atoms with Crippen molar-refractivity contribution in [1.82, 2.24) is 19.9 Å². The molecule has 210 valence electrons. The number of methoxy groups -OCH3 is 1. The highest BCUT2D eigenvalue weighted by atomic mass is 32.2. The number of anilines is 1. The highest BCUT2D eigenvalue weighted by Gasteiger charge is 2.39. The van der Waals surface area contributed by atoms with Gasteiger partial charge in [0.2, 0.25) is 5.71 Å². The molecule has 4 aromatic rings. The van der Waals surface area contributed by atoms with Gasteiger partial charge in [0.25, 0.3) is 16.1 Å². The molecule has 1 atom stereocenters. The number of pyridine rings is 1. The lowest BCUT2D eigenvalue weighted by atomic mass is 9.88. The minimum Gasteiger partial charge on any atom is -0.404 e. The Morgan fingerprint density at radius 2 is 1.92 bits per heavy atom. The molecule has 1 aliphatic heterocycles. The standard InChI is InChI=1S/C24H25F2N5O3.CH4O3S/c1-13(8-9-32-3)27-23-29-18-7-6-17(28-21(18)34-23)20-19(15-5-4-14(25)10-16(15)26)30-22(31-20)24(2)11-33-12-24;1-5(2,3)4/h4-7,10,13H,8-9,11-12H2,1-3H3,(H,27,29)(H,30,31);1H3,(H,2,3,4)/t13-;/m0./s1. The van der Waals surface area contributed by atoms with E-state index in [0.29, 0.717) is 66.2 Å². The third-order valence-electron chi connectivity index (χ3n) is 5.94. The summed E-state index contributed by atoms with van der Waals surface area (Å²) in [5, 5.41) is 3.20. The average Bonchev–Trinajstić information content (AvgIpc) is 3.44. The van der Waals surface area contributed by atoms with Gasteiger partial charge in [0.15, 0.2) is 0 Å². The SMILES string of the molecule is COCC[C@H](C)Nc1nc2ccc(-c3nc(C4(C)COC4)[nH]c3-c3ccc(F)cc3F)nc2o1.CS(=O)(=O)O. The molecule has 14 heteroatoms. The van der Waals surface area contributed by atoms with Crippen LogP contribution in [0.3, 0.4) is 0 Å². The van der Waals surface area contributed by atoms with Crippen LogP contribution in [0.4, 0.5) is 14.8 Å². The van der Waals surface area contributed by atoms with Gasteiger partial charge in [-0.05, 0) is 44.5 Å². The first-order valence-electron chi connectivity index (χ1n) is 12.0. The second-order valence-corrected chi connectivity index (χ2v) is 11.1. The van der Waals surface area contributed by atoms with Gasteiger partial charge in [0.1, 0.15) is 28.7 Å². The Morgan fingerprint density at radius 1 is 1.21 bits per heavy atom. The fourth-order valence-corrected chi connectivity index (χ4v) is 3.86. The lowest BCUT2D eigenvalue weighted by Gasteiger charge is -2.36. The lowest BCUT2D eigenvalue weighted by Crippen LogP contribution is -2.44. The minimum atomic E-state index is -3.67. The monoisotopic (exact) mass is 565 g/mol. The Labute approximate surface area is 223 Å². The van der Waals surface area contributed by atoms with Crippen molar-refractivity contribution in [3.8, 4) is 22.6 Å². The number of fused-ring (bicyclic) bond motifs is 1. The van der Waals surface area contributed by atoms with Gasteiger partial charge in [-0.1, -0.05) is 0 Å². The van der Waals surface area contributed by atoms with E-state index in [0.717, 1.165) is 12.5 Å². The summed E-state index contributed by atoms with van der Waals surface area (Å²) >= 11 is 0. The van der Waals surface area contributed by atoms with E-state index >= 15 is 0 Å². The summed E-state index contributed by atoms with van der Waals surface area (Å²) in [6.07, 6.45) is 1.51. The molecule has 0 aliphatic carbocycles. The molecule has 0 bridgehead atoms. The molecule has 11 nitrogen and oxygen atoms in total. The summed E-state index contributed by atoms with van der Waals surface area (Å²) in [4.78, 5) is 17.0. The van der Waals surface area contributed by atoms with Crippen LogP contribution in [0.5, 0.6) is 0 Å². The van der Waals surface area contributed by atoms with Crippen LogP contribution in [-0.2, 0) is 25.0 Å². The number of hydrogen-bond acceptors (Lipinski definition) is 9. The largest absolute Gasteiger partial charge is 0.404 e. The molecule has 1 saturated heterocycles. The van der Waals surface area contributed by atoms with Gasteiger partial charge in [-0.15, -0.1) is 0 Å². The summed E-state index contributed by atoms with van der Waals surface area (Å²) < 4.78 is 70.4. The molecule has 5 rings (SSSR count). The van der Waals surface area contributed by atoms with Crippen LogP contribution in [0.1, 0.15) is 26.1 Å². The zero-order valence-electron chi connectivity index (χ0n) is 21.8. The molecule has 0 radical (unpaired) electrons. The molecule has 3 aromatic heterocycles. The number of aromatic nitrogens is 4. The van der Waals surface area contributed by atoms with Crippen molar-refractivity contribution < 1.29 is 35.6 Å². The topological polar surface area (TPSA) is 152 Å². The molecule has 1 fully saturated rings. The number of aromatic amines is 1. The van der Waals surface area contributed by atoms with E-state index in [4.69, 9.17) is 23.4 Å². The van der Waals surface area contributed by atoms with Gasteiger partial charge in [0, 0.05) is 31.4 Å². The summed E-state index contributed by atoms with van der Waals surface area (Å²) in [6, 6.07) is 7.44. The summed E-state index contributed by atoms with van der Waals surface area (Å²) in [5.41, 5.74) is 2.12. The number of hydrogen-bond donors (Lipinski definition) is 3. The first kappa shape index (κ1) is 28.5. The molecule has 3 N–H and O–H groups in total. The molecule has 1 aliphatic rings. The smallest absolute Gasteiger partial charge is 0.297 e. The number of imidazole rings is 1. The van der Waals surface area contributed by atoms with Crippen LogP contribution in [0, 0.1) is 11.6 Å². The van der Waals surface area contributed by atoms with Gasteiger partial charge in [-0.2, -0.15) is 13.4 Å². The normalized spacial score (nSPS) is 15.4. The van der Waals surface area contributed by atoms with E-state index in [2.05, 4.69) is 20.3 Å². The van der Waals surface area contributed by atoms with Crippen molar-refractivity contribution in [3.05, 3.63) is 47.8 Å². The van der Waals surface area contributed by atoms with E-state index in [-0.39, 0.29) is 17.0 Å². The summed E-state index contributed by atoms with van der Waals surface area (Å²) in [6.45, 7) is 5.63. The van der Waals surface area contributed by atoms with E-state index in [9.17, 15) is 17.2 Å². The number of nitrogens with zero attached hydrogens (tertiary/aromatic N) is 3. The Kier molecular flexibility index (Phi) is 8.30. The van der Waals surface area contributed by atoms with Gasteiger partial charge in [-0.25, -0.2) is 18.7 Å². The second kappa shape index (κ2) is 11.3. The number of rotatable bonds is 8. The molecule has 39 heavy (non-hydrogen) atoms. The number of ether oxygens (including phenoxy) is 2. The first-order chi connectivity index (χ1) is 18.4. The van der Waals surface area contributed by atoms with Gasteiger partial charge in [-0.3, -0.25) is 4.55 Å². The number of benzene rings is 1. The fourth-order valence-electron chi connectivity index (χ4n) is 3.86. The van der Waals surface area contributed by atoms with E-state index in [1.807, 2.05) is 13.8 Å². The van der Waals surface area contributed by atoms with Gasteiger partial charge in [0.05, 0.1) is 36.3 Å². The van der Waals surface area contributed by atoms with Crippen LogP contribution in [0.15, 0.2) is 34.7 Å². The highest BCUT2D eigenvalue weighted by molar-refractivity contribution is 7.85. The predicted octanol–water partition coefficient (Wildman–Crippen LogP) is 4.19. The number of H-pyrrole nitrogens is 1. The molecule has 0 spiro atoms. The van der Waals surface area contributed by atoms with Crippen molar-refractivity contribution in [2.45, 2.75) is 31.7 Å². The van der Waals surface area contributed by atoms with Crippen LogP contribution >= 0.6 is 0 Å². The predicted molar refractivity (Wildman–Crippen MR) is 140 cm³/mol. The van der Waals surface area contributed by atoms with Crippen molar-refractivity contribution >= 4 is 27.4 Å². The van der Waals surface area contributed by atoms with E-state index in [1.54, 1.807) is 19.2 Å². The number of oxazole rings is 1. The van der Waals surface area contributed by atoms with Crippen molar-refractivity contribution in [2.24, 2.45) is 0 Å². The number of halogens is 2. The lowest BCUT2D eigenvalue weighted by molar-refractivity contribution is -0.0539. The molecule has 4 heterocycles. The fraction of sp³-hybridized carbons (Fsp3) is 0.400. The zero-order chi connectivity index (χ0) is 28.4. The minimum absolute atomic E-state index is 0.0971. The molecule has 0 saturated carbocycles. The molecule has 0 amide bonds. The van der Waals surface area contributed by atoms with Crippen LogP contribution in [0.2, 0.25) is 0 Å². The Balaban J connectivity index is 0.000000648.